The van der Waals surface area contributed by atoms with Crippen LogP contribution < -0.4 is 20.1 Å². The Hall–Kier alpha value is -2.89. The van der Waals surface area contributed by atoms with Gasteiger partial charge in [0, 0.05) is 6.54 Å². The van der Waals surface area contributed by atoms with Gasteiger partial charge in [-0.25, -0.2) is 0 Å². The number of aromatic nitrogens is 1. The monoisotopic (exact) mass is 387 g/mol. The molecule has 0 radical (unpaired) electrons. The van der Waals surface area contributed by atoms with Crippen LogP contribution in [0.3, 0.4) is 0 Å². The summed E-state index contributed by atoms with van der Waals surface area (Å²) in [4.78, 5) is 25.2. The molecule has 8 heteroatoms. The quantitative estimate of drug-likeness (QED) is 0.669. The zero-order valence-electron chi connectivity index (χ0n) is 15.3. The number of amides is 1. The Kier molecular flexibility index (Phi) is 6.20. The highest BCUT2D eigenvalue weighted by atomic mass is 32.1. The minimum Gasteiger partial charge on any atom is -0.508 e. The summed E-state index contributed by atoms with van der Waals surface area (Å²) in [5.41, 5.74) is -0.768. The third kappa shape index (κ3) is 4.64. The smallest absolute Gasteiger partial charge is 0.269 e. The van der Waals surface area contributed by atoms with Gasteiger partial charge in [-0.2, -0.15) is 5.26 Å². The summed E-state index contributed by atoms with van der Waals surface area (Å²) >= 11 is 1.04. The molecule has 0 saturated heterocycles. The van der Waals surface area contributed by atoms with Crippen LogP contribution in [0.5, 0.6) is 5.75 Å². The lowest BCUT2D eigenvalue weighted by Gasteiger charge is -2.22. The second-order valence-corrected chi connectivity index (χ2v) is 7.57. The standard InChI is InChI=1S/C19H21N3O4S/c1-4-22-17(26)15(9-12-6-5-7-13(24)8-12)27-18(22)14(10-20)16(25)21-19(2,3)11-23/h5-9,23-24H,4,11H2,1-3H3,(H,21,25). The molecule has 0 spiro atoms. The molecule has 0 atom stereocenters. The Morgan fingerprint density at radius 1 is 1.44 bits per heavy atom. The van der Waals surface area contributed by atoms with Gasteiger partial charge in [-0.05, 0) is 44.5 Å². The van der Waals surface area contributed by atoms with Gasteiger partial charge in [0.05, 0.1) is 16.7 Å². The number of aromatic hydroxyl groups is 1. The maximum Gasteiger partial charge on any atom is 0.269 e. The number of hydrogen-bond donors (Lipinski definition) is 3. The minimum absolute atomic E-state index is 0.0752. The number of aliphatic hydroxyl groups excluding tert-OH is 1. The van der Waals surface area contributed by atoms with E-state index in [1.165, 1.54) is 16.7 Å². The summed E-state index contributed by atoms with van der Waals surface area (Å²) in [5, 5.41) is 31.0. The molecule has 1 heterocycles. The molecule has 2 rings (SSSR count). The highest BCUT2D eigenvalue weighted by molar-refractivity contribution is 7.07. The first-order valence-corrected chi connectivity index (χ1v) is 9.12. The summed E-state index contributed by atoms with van der Waals surface area (Å²) in [6.45, 7) is 5.00. The Balaban J connectivity index is 2.69. The second-order valence-electron chi connectivity index (χ2n) is 6.54. The van der Waals surface area contributed by atoms with Crippen LogP contribution in [0.25, 0.3) is 11.6 Å². The minimum atomic E-state index is -0.899. The average Bonchev–Trinajstić information content (AvgIpc) is 2.90. The normalized spacial score (nSPS) is 13.2. The SMILES string of the molecule is CCn1c(=C(C#N)C(=O)NC(C)(C)CO)sc(=Cc2cccc(O)c2)c1=O. The zero-order valence-corrected chi connectivity index (χ0v) is 16.1. The second kappa shape index (κ2) is 8.20. The number of nitriles is 1. The van der Waals surface area contributed by atoms with Crippen molar-refractivity contribution in [1.82, 2.24) is 9.88 Å². The van der Waals surface area contributed by atoms with Crippen LogP contribution in [0.4, 0.5) is 0 Å². The maximum absolute atomic E-state index is 12.7. The van der Waals surface area contributed by atoms with E-state index in [4.69, 9.17) is 0 Å². The van der Waals surface area contributed by atoms with Crippen molar-refractivity contribution in [2.24, 2.45) is 0 Å². The van der Waals surface area contributed by atoms with Gasteiger partial charge < -0.3 is 15.5 Å². The average molecular weight is 387 g/mol. The Labute approximate surface area is 160 Å². The van der Waals surface area contributed by atoms with Crippen molar-refractivity contribution in [2.45, 2.75) is 32.9 Å². The van der Waals surface area contributed by atoms with Crippen molar-refractivity contribution < 1.29 is 15.0 Å². The third-order valence-corrected chi connectivity index (χ3v) is 4.92. The number of benzene rings is 1. The van der Waals surface area contributed by atoms with E-state index in [1.807, 2.05) is 6.07 Å². The topological polar surface area (TPSA) is 115 Å². The number of phenolic OH excluding ortho intramolecular Hbond substituents is 1. The molecular formula is C19H21N3O4S. The van der Waals surface area contributed by atoms with Crippen molar-refractivity contribution in [3.63, 3.8) is 0 Å². The van der Waals surface area contributed by atoms with Gasteiger partial charge in [0.2, 0.25) is 0 Å². The van der Waals surface area contributed by atoms with E-state index in [1.54, 1.807) is 39.0 Å². The van der Waals surface area contributed by atoms with E-state index in [9.17, 15) is 25.1 Å². The first kappa shape index (κ1) is 20.4. The third-order valence-electron chi connectivity index (χ3n) is 3.79. The molecule has 0 unspecified atom stereocenters. The number of aliphatic hydroxyl groups is 1. The van der Waals surface area contributed by atoms with Crippen molar-refractivity contribution in [3.05, 3.63) is 49.4 Å². The Bertz CT molecular complexity index is 1070. The van der Waals surface area contributed by atoms with Gasteiger partial charge in [0.1, 0.15) is 16.5 Å². The first-order chi connectivity index (χ1) is 12.7. The molecule has 7 nitrogen and oxygen atoms in total. The van der Waals surface area contributed by atoms with Crippen molar-refractivity contribution in [3.8, 4) is 11.8 Å². The molecule has 0 bridgehead atoms. The fourth-order valence-electron chi connectivity index (χ4n) is 2.36. The molecule has 0 aliphatic heterocycles. The van der Waals surface area contributed by atoms with E-state index in [-0.39, 0.29) is 28.2 Å². The van der Waals surface area contributed by atoms with Gasteiger partial charge in [-0.15, -0.1) is 11.3 Å². The predicted octanol–water partition coefficient (Wildman–Crippen LogP) is 0.0255. The number of nitrogens with zero attached hydrogens (tertiary/aromatic N) is 2. The molecule has 0 fully saturated rings. The summed E-state index contributed by atoms with van der Waals surface area (Å²) < 4.78 is 1.96. The Morgan fingerprint density at radius 3 is 2.70 bits per heavy atom. The summed E-state index contributed by atoms with van der Waals surface area (Å²) in [5.74, 6) is -0.574. The number of carbonyl (C=O) groups is 1. The molecular weight excluding hydrogens is 366 g/mol. The van der Waals surface area contributed by atoms with Crippen LogP contribution in [-0.2, 0) is 11.3 Å². The molecule has 0 saturated carbocycles. The number of thiazole rings is 1. The lowest BCUT2D eigenvalue weighted by atomic mass is 10.1. The number of nitrogens with one attached hydrogen (secondary N) is 1. The predicted molar refractivity (Wildman–Crippen MR) is 104 cm³/mol. The first-order valence-electron chi connectivity index (χ1n) is 8.30. The molecule has 142 valence electrons. The van der Waals surface area contributed by atoms with Crippen LogP contribution in [0.2, 0.25) is 0 Å². The lowest BCUT2D eigenvalue weighted by Crippen LogP contribution is -2.47. The van der Waals surface area contributed by atoms with Gasteiger partial charge in [0.15, 0.2) is 5.57 Å². The van der Waals surface area contributed by atoms with Crippen LogP contribution >= 0.6 is 11.3 Å². The van der Waals surface area contributed by atoms with Crippen molar-refractivity contribution >= 4 is 28.9 Å². The molecule has 1 amide bonds. The summed E-state index contributed by atoms with van der Waals surface area (Å²) in [6.07, 6.45) is 1.60. The molecule has 2 aromatic rings. The largest absolute Gasteiger partial charge is 0.508 e. The number of carbonyl (C=O) groups excluding carboxylic acids is 1. The van der Waals surface area contributed by atoms with E-state index in [0.29, 0.717) is 16.6 Å². The maximum atomic E-state index is 12.7. The van der Waals surface area contributed by atoms with Crippen LogP contribution in [0.15, 0.2) is 29.1 Å². The van der Waals surface area contributed by atoms with Crippen LogP contribution in [0.1, 0.15) is 26.3 Å². The van der Waals surface area contributed by atoms with Gasteiger partial charge in [-0.3, -0.25) is 14.2 Å². The van der Waals surface area contributed by atoms with Crippen LogP contribution in [-0.4, -0.2) is 32.8 Å². The van der Waals surface area contributed by atoms with E-state index < -0.39 is 11.4 Å². The van der Waals surface area contributed by atoms with Crippen molar-refractivity contribution in [1.29, 1.82) is 5.26 Å². The number of phenols is 1. The number of rotatable bonds is 5. The molecule has 0 aliphatic rings. The zero-order chi connectivity index (χ0) is 20.2. The highest BCUT2D eigenvalue weighted by Gasteiger charge is 2.23. The fourth-order valence-corrected chi connectivity index (χ4v) is 3.53. The number of hydrogen-bond acceptors (Lipinski definition) is 6. The molecule has 0 aliphatic carbocycles. The van der Waals surface area contributed by atoms with E-state index in [2.05, 4.69) is 5.32 Å². The van der Waals surface area contributed by atoms with Gasteiger partial charge in [-0.1, -0.05) is 12.1 Å². The highest BCUT2D eigenvalue weighted by Crippen LogP contribution is 2.11. The van der Waals surface area contributed by atoms with E-state index >= 15 is 0 Å². The molecule has 3 N–H and O–H groups in total. The summed E-state index contributed by atoms with van der Waals surface area (Å²) in [7, 11) is 0. The Morgan fingerprint density at radius 2 is 2.15 bits per heavy atom. The van der Waals surface area contributed by atoms with E-state index in [0.717, 1.165) is 11.3 Å². The molecule has 27 heavy (non-hydrogen) atoms. The lowest BCUT2D eigenvalue weighted by molar-refractivity contribution is -0.117. The molecule has 1 aromatic heterocycles. The van der Waals surface area contributed by atoms with Gasteiger partial charge >= 0.3 is 0 Å². The van der Waals surface area contributed by atoms with Gasteiger partial charge in [0.25, 0.3) is 11.5 Å². The van der Waals surface area contributed by atoms with Crippen LogP contribution in [0, 0.1) is 11.3 Å². The fraction of sp³-hybridized carbons (Fsp3) is 0.316. The van der Waals surface area contributed by atoms with Crippen molar-refractivity contribution in [2.75, 3.05) is 6.61 Å². The summed E-state index contributed by atoms with van der Waals surface area (Å²) in [6, 6.07) is 8.31. The molecule has 1 aromatic carbocycles.